The summed E-state index contributed by atoms with van der Waals surface area (Å²) in [5.41, 5.74) is 0. The van der Waals surface area contributed by atoms with Crippen LogP contribution in [-0.4, -0.2) is 21.2 Å². The van der Waals surface area contributed by atoms with Crippen molar-refractivity contribution in [2.75, 3.05) is 12.8 Å². The van der Waals surface area contributed by atoms with Crippen LogP contribution in [0.3, 0.4) is 0 Å². The lowest BCUT2D eigenvalue weighted by Crippen LogP contribution is -2.28. The van der Waals surface area contributed by atoms with Crippen molar-refractivity contribution in [3.63, 3.8) is 0 Å². The molecule has 1 N–H and O–H groups in total. The minimum absolute atomic E-state index is 0.567. The van der Waals surface area contributed by atoms with Crippen molar-refractivity contribution < 1.29 is 8.42 Å². The van der Waals surface area contributed by atoms with Crippen LogP contribution in [0.1, 0.15) is 38.5 Å². The van der Waals surface area contributed by atoms with Gasteiger partial charge in [-0.2, -0.15) is 0 Å². The molecular formula is C9H19NO2S. The molecule has 0 spiro atoms. The van der Waals surface area contributed by atoms with Crippen LogP contribution in [-0.2, 0) is 10.0 Å². The third-order valence-corrected chi connectivity index (χ3v) is 3.30. The highest BCUT2D eigenvalue weighted by Gasteiger charge is 2.13. The molecule has 1 aliphatic carbocycles. The first-order chi connectivity index (χ1) is 6.08. The molecule has 0 heterocycles. The number of sulfonamides is 1. The molecular weight excluding hydrogens is 186 g/mol. The lowest BCUT2D eigenvalue weighted by Gasteiger charge is -2.13. The monoisotopic (exact) mass is 205 g/mol. The van der Waals surface area contributed by atoms with Gasteiger partial charge in [0.05, 0.1) is 6.26 Å². The summed E-state index contributed by atoms with van der Waals surface area (Å²) in [6.45, 7) is 0.638. The Morgan fingerprint density at radius 1 is 1.15 bits per heavy atom. The number of hydrogen-bond donors (Lipinski definition) is 1. The fraction of sp³-hybridized carbons (Fsp3) is 1.00. The van der Waals surface area contributed by atoms with E-state index in [1.807, 2.05) is 0 Å². The Balaban J connectivity index is 2.27. The molecule has 1 saturated carbocycles. The Kier molecular flexibility index (Phi) is 4.19. The maximum atomic E-state index is 10.8. The van der Waals surface area contributed by atoms with Crippen LogP contribution >= 0.6 is 0 Å². The summed E-state index contributed by atoms with van der Waals surface area (Å²) in [5, 5.41) is 0. The first-order valence-corrected chi connectivity index (χ1v) is 6.92. The second-order valence-electron chi connectivity index (χ2n) is 3.98. The highest BCUT2D eigenvalue weighted by molar-refractivity contribution is 7.88. The molecule has 4 heteroatoms. The third-order valence-electron chi connectivity index (χ3n) is 2.61. The van der Waals surface area contributed by atoms with Crippen molar-refractivity contribution in [1.82, 2.24) is 4.72 Å². The molecule has 0 aromatic rings. The quantitative estimate of drug-likeness (QED) is 0.710. The standard InChI is InChI=1S/C9H19NO2S/c1-13(11,12)10-8-9-6-4-2-3-5-7-9/h9-10H,2-8H2,1H3. The van der Waals surface area contributed by atoms with Crippen molar-refractivity contribution in [2.45, 2.75) is 38.5 Å². The summed E-state index contributed by atoms with van der Waals surface area (Å²) in [5.74, 6) is 0.567. The zero-order chi connectivity index (χ0) is 9.73. The molecule has 0 radical (unpaired) electrons. The summed E-state index contributed by atoms with van der Waals surface area (Å²) >= 11 is 0. The van der Waals surface area contributed by atoms with E-state index in [4.69, 9.17) is 0 Å². The topological polar surface area (TPSA) is 46.2 Å². The second-order valence-corrected chi connectivity index (χ2v) is 5.81. The molecule has 0 bridgehead atoms. The summed E-state index contributed by atoms with van der Waals surface area (Å²) in [6, 6.07) is 0. The smallest absolute Gasteiger partial charge is 0.208 e. The Labute approximate surface area is 81.0 Å². The molecule has 13 heavy (non-hydrogen) atoms. The maximum absolute atomic E-state index is 10.8. The molecule has 0 aliphatic heterocycles. The zero-order valence-electron chi connectivity index (χ0n) is 8.25. The van der Waals surface area contributed by atoms with E-state index in [0.717, 1.165) is 0 Å². The van der Waals surface area contributed by atoms with Gasteiger partial charge in [0.1, 0.15) is 0 Å². The highest BCUT2D eigenvalue weighted by atomic mass is 32.2. The largest absolute Gasteiger partial charge is 0.215 e. The van der Waals surface area contributed by atoms with Gasteiger partial charge >= 0.3 is 0 Å². The van der Waals surface area contributed by atoms with Crippen LogP contribution in [0.4, 0.5) is 0 Å². The van der Waals surface area contributed by atoms with Crippen molar-refractivity contribution >= 4 is 10.0 Å². The van der Waals surface area contributed by atoms with E-state index in [9.17, 15) is 8.42 Å². The van der Waals surface area contributed by atoms with Crippen LogP contribution < -0.4 is 4.72 Å². The van der Waals surface area contributed by atoms with Gasteiger partial charge in [-0.3, -0.25) is 0 Å². The number of nitrogens with one attached hydrogen (secondary N) is 1. The van der Waals surface area contributed by atoms with Crippen molar-refractivity contribution in [3.05, 3.63) is 0 Å². The summed E-state index contributed by atoms with van der Waals surface area (Å²) < 4.78 is 24.3. The lowest BCUT2D eigenvalue weighted by atomic mass is 10.0. The normalized spacial score (nSPS) is 21.3. The molecule has 0 unspecified atom stereocenters. The van der Waals surface area contributed by atoms with E-state index in [2.05, 4.69) is 4.72 Å². The van der Waals surface area contributed by atoms with Crippen LogP contribution in [0.15, 0.2) is 0 Å². The Hall–Kier alpha value is -0.0900. The second kappa shape index (κ2) is 4.96. The van der Waals surface area contributed by atoms with Gasteiger partial charge in [-0.15, -0.1) is 0 Å². The molecule has 0 amide bonds. The Bertz CT molecular complexity index is 228. The number of rotatable bonds is 3. The summed E-state index contributed by atoms with van der Waals surface area (Å²) in [6.07, 6.45) is 8.74. The van der Waals surface area contributed by atoms with Gasteiger partial charge in [0.15, 0.2) is 0 Å². The van der Waals surface area contributed by atoms with Crippen molar-refractivity contribution in [1.29, 1.82) is 0 Å². The van der Waals surface area contributed by atoms with Crippen LogP contribution in [0.25, 0.3) is 0 Å². The maximum Gasteiger partial charge on any atom is 0.208 e. The van der Waals surface area contributed by atoms with E-state index in [1.54, 1.807) is 0 Å². The van der Waals surface area contributed by atoms with E-state index in [-0.39, 0.29) is 0 Å². The summed E-state index contributed by atoms with van der Waals surface area (Å²) in [7, 11) is -2.99. The first kappa shape index (κ1) is 11.0. The SMILES string of the molecule is CS(=O)(=O)NCC1CCCCCC1. The van der Waals surface area contributed by atoms with Gasteiger partial charge in [-0.05, 0) is 18.8 Å². The van der Waals surface area contributed by atoms with Crippen LogP contribution in [0.2, 0.25) is 0 Å². The Morgan fingerprint density at radius 3 is 2.15 bits per heavy atom. The average Bonchev–Trinajstić information content (AvgIpc) is 2.26. The van der Waals surface area contributed by atoms with Gasteiger partial charge in [-0.25, -0.2) is 13.1 Å². The van der Waals surface area contributed by atoms with E-state index < -0.39 is 10.0 Å². The third kappa shape index (κ3) is 5.26. The molecule has 0 aromatic carbocycles. The fourth-order valence-corrected chi connectivity index (χ4v) is 2.38. The first-order valence-electron chi connectivity index (χ1n) is 5.02. The number of hydrogen-bond acceptors (Lipinski definition) is 2. The molecule has 0 saturated heterocycles. The molecule has 3 nitrogen and oxygen atoms in total. The van der Waals surface area contributed by atoms with Crippen LogP contribution in [0, 0.1) is 5.92 Å². The van der Waals surface area contributed by atoms with Crippen molar-refractivity contribution in [3.8, 4) is 0 Å². The average molecular weight is 205 g/mol. The van der Waals surface area contributed by atoms with Gasteiger partial charge in [0, 0.05) is 6.54 Å². The fourth-order valence-electron chi connectivity index (χ4n) is 1.84. The molecule has 78 valence electrons. The lowest BCUT2D eigenvalue weighted by molar-refractivity contribution is 0.452. The molecule has 1 rings (SSSR count). The van der Waals surface area contributed by atoms with E-state index in [1.165, 1.54) is 44.8 Å². The van der Waals surface area contributed by atoms with E-state index >= 15 is 0 Å². The van der Waals surface area contributed by atoms with Crippen molar-refractivity contribution in [2.24, 2.45) is 5.92 Å². The molecule has 0 atom stereocenters. The van der Waals surface area contributed by atoms with Gasteiger partial charge in [0.2, 0.25) is 10.0 Å². The van der Waals surface area contributed by atoms with Gasteiger partial charge in [0.25, 0.3) is 0 Å². The predicted molar refractivity (Wildman–Crippen MR) is 54.0 cm³/mol. The van der Waals surface area contributed by atoms with Gasteiger partial charge < -0.3 is 0 Å². The van der Waals surface area contributed by atoms with E-state index in [0.29, 0.717) is 12.5 Å². The predicted octanol–water partition coefficient (Wildman–Crippen LogP) is 1.51. The molecule has 0 aromatic heterocycles. The minimum atomic E-state index is -2.99. The van der Waals surface area contributed by atoms with Crippen LogP contribution in [0.5, 0.6) is 0 Å². The molecule has 1 fully saturated rings. The highest BCUT2D eigenvalue weighted by Crippen LogP contribution is 2.22. The summed E-state index contributed by atoms with van der Waals surface area (Å²) in [4.78, 5) is 0. The van der Waals surface area contributed by atoms with Gasteiger partial charge in [-0.1, -0.05) is 25.7 Å². The minimum Gasteiger partial charge on any atom is -0.215 e. The Morgan fingerprint density at radius 2 is 1.69 bits per heavy atom. The zero-order valence-corrected chi connectivity index (χ0v) is 9.07. The molecule has 1 aliphatic rings.